The summed E-state index contributed by atoms with van der Waals surface area (Å²) in [7, 11) is 0. The van der Waals surface area contributed by atoms with E-state index < -0.39 is 0 Å². The third-order valence-electron chi connectivity index (χ3n) is 4.16. The average Bonchev–Trinajstić information content (AvgIpc) is 2.64. The Hall–Kier alpha value is -2.62. The number of hydrogen-bond acceptors (Lipinski definition) is 4. The Morgan fingerprint density at radius 3 is 1.54 bits per heavy atom. The molecule has 0 heterocycles. The van der Waals surface area contributed by atoms with Gasteiger partial charge in [-0.3, -0.25) is 9.98 Å². The molecular weight excluding hydrogens is 324 g/mol. The molecule has 0 aliphatic heterocycles. The zero-order chi connectivity index (χ0) is 18.8. The molecule has 4 nitrogen and oxygen atoms in total. The summed E-state index contributed by atoms with van der Waals surface area (Å²) in [6, 6.07) is 11.5. The number of benzene rings is 2. The highest BCUT2D eigenvalue weighted by Crippen LogP contribution is 2.23. The molecule has 0 aliphatic rings. The molecule has 0 aliphatic carbocycles. The van der Waals surface area contributed by atoms with Crippen molar-refractivity contribution in [3.63, 3.8) is 0 Å². The molecule has 138 valence electrons. The van der Waals surface area contributed by atoms with Gasteiger partial charge in [0.15, 0.2) is 0 Å². The number of phenols is 2. The minimum absolute atomic E-state index is 0.319. The summed E-state index contributed by atoms with van der Waals surface area (Å²) in [4.78, 5) is 8.69. The van der Waals surface area contributed by atoms with Crippen molar-refractivity contribution in [3.05, 3.63) is 58.7 Å². The number of hydrogen-bond donors (Lipinski definition) is 2. The molecule has 0 bridgehead atoms. The van der Waals surface area contributed by atoms with E-state index in [-0.39, 0.29) is 0 Å². The van der Waals surface area contributed by atoms with Crippen LogP contribution in [0.3, 0.4) is 0 Å². The van der Waals surface area contributed by atoms with E-state index in [1.807, 2.05) is 36.4 Å². The molecule has 0 spiro atoms. The zero-order valence-corrected chi connectivity index (χ0v) is 15.7. The van der Waals surface area contributed by atoms with E-state index in [1.54, 1.807) is 12.4 Å². The summed E-state index contributed by atoms with van der Waals surface area (Å²) in [5.41, 5.74) is 3.39. The minimum Gasteiger partial charge on any atom is -0.507 e. The predicted molar refractivity (Wildman–Crippen MR) is 109 cm³/mol. The van der Waals surface area contributed by atoms with E-state index in [0.29, 0.717) is 24.6 Å². The van der Waals surface area contributed by atoms with E-state index in [4.69, 9.17) is 0 Å². The van der Waals surface area contributed by atoms with Crippen LogP contribution in [0.25, 0.3) is 0 Å². The van der Waals surface area contributed by atoms with Crippen LogP contribution in [0.15, 0.2) is 46.4 Å². The third-order valence-corrected chi connectivity index (χ3v) is 4.16. The molecule has 2 aromatic rings. The molecule has 0 aromatic heterocycles. The molecule has 2 N–H and O–H groups in total. The first-order valence-electron chi connectivity index (χ1n) is 9.28. The Balaban J connectivity index is 1.91. The molecule has 0 saturated carbocycles. The summed E-state index contributed by atoms with van der Waals surface area (Å²) >= 11 is 0. The van der Waals surface area contributed by atoms with E-state index in [2.05, 4.69) is 23.8 Å². The van der Waals surface area contributed by atoms with Crippen LogP contribution in [0, 0.1) is 0 Å². The Morgan fingerprint density at radius 1 is 0.731 bits per heavy atom. The first-order valence-corrected chi connectivity index (χ1v) is 9.28. The quantitative estimate of drug-likeness (QED) is 0.514. The van der Waals surface area contributed by atoms with Crippen molar-refractivity contribution < 1.29 is 10.2 Å². The predicted octanol–water partition coefficient (Wildman–Crippen LogP) is 4.54. The second-order valence-electron chi connectivity index (χ2n) is 6.28. The van der Waals surface area contributed by atoms with Crippen molar-refractivity contribution in [1.29, 1.82) is 0 Å². The van der Waals surface area contributed by atoms with Crippen LogP contribution in [0.4, 0.5) is 0 Å². The first-order chi connectivity index (χ1) is 12.7. The largest absolute Gasteiger partial charge is 0.507 e. The lowest BCUT2D eigenvalue weighted by molar-refractivity contribution is 0.466. The second kappa shape index (κ2) is 10.4. The Labute approximate surface area is 156 Å². The fourth-order valence-corrected chi connectivity index (χ4v) is 2.81. The van der Waals surface area contributed by atoms with E-state index in [9.17, 15) is 10.2 Å². The van der Waals surface area contributed by atoms with Gasteiger partial charge in [0, 0.05) is 23.6 Å². The smallest absolute Gasteiger partial charge is 0.127 e. The highest BCUT2D eigenvalue weighted by atomic mass is 16.3. The molecule has 0 fully saturated rings. The minimum atomic E-state index is 0.319. The fourth-order valence-electron chi connectivity index (χ4n) is 2.81. The number of rotatable bonds is 9. The third kappa shape index (κ3) is 5.45. The van der Waals surface area contributed by atoms with E-state index in [0.717, 1.165) is 47.9 Å². The molecule has 0 unspecified atom stereocenters. The summed E-state index contributed by atoms with van der Waals surface area (Å²) in [6.07, 6.45) is 7.11. The van der Waals surface area contributed by atoms with Gasteiger partial charge < -0.3 is 10.2 Å². The van der Waals surface area contributed by atoms with Gasteiger partial charge in [-0.2, -0.15) is 0 Å². The summed E-state index contributed by atoms with van der Waals surface area (Å²) < 4.78 is 0. The highest BCUT2D eigenvalue weighted by Gasteiger charge is 2.04. The average molecular weight is 352 g/mol. The number of phenolic OH excluding ortho intramolecular Hbond substituents is 2. The van der Waals surface area contributed by atoms with Crippen molar-refractivity contribution >= 4 is 12.4 Å². The van der Waals surface area contributed by atoms with Gasteiger partial charge in [-0.15, -0.1) is 0 Å². The zero-order valence-electron chi connectivity index (χ0n) is 15.7. The van der Waals surface area contributed by atoms with Crippen LogP contribution < -0.4 is 0 Å². The van der Waals surface area contributed by atoms with Gasteiger partial charge in [0.2, 0.25) is 0 Å². The monoisotopic (exact) mass is 352 g/mol. The summed E-state index contributed by atoms with van der Waals surface area (Å²) in [5, 5.41) is 20.4. The lowest BCUT2D eigenvalue weighted by Crippen LogP contribution is -1.94. The first kappa shape index (κ1) is 19.7. The molecule has 2 rings (SSSR count). The SMILES string of the molecule is CCCc1cccc(C=NCCN=Cc2cccc(CCC)c2O)c1O. The Kier molecular flexibility index (Phi) is 7.87. The maximum absolute atomic E-state index is 10.2. The van der Waals surface area contributed by atoms with Crippen LogP contribution >= 0.6 is 0 Å². The Morgan fingerprint density at radius 2 is 1.15 bits per heavy atom. The van der Waals surface area contributed by atoms with Gasteiger partial charge in [0.05, 0.1) is 13.1 Å². The molecule has 4 heteroatoms. The molecule has 0 amide bonds. The fraction of sp³-hybridized carbons (Fsp3) is 0.364. The summed E-state index contributed by atoms with van der Waals surface area (Å²) in [6.45, 7) is 5.24. The van der Waals surface area contributed by atoms with Crippen LogP contribution in [0.5, 0.6) is 11.5 Å². The molecule has 0 saturated heterocycles. The van der Waals surface area contributed by atoms with Crippen molar-refractivity contribution in [1.82, 2.24) is 0 Å². The van der Waals surface area contributed by atoms with Gasteiger partial charge in [-0.25, -0.2) is 0 Å². The van der Waals surface area contributed by atoms with E-state index in [1.165, 1.54) is 0 Å². The van der Waals surface area contributed by atoms with Crippen molar-refractivity contribution in [2.24, 2.45) is 9.98 Å². The van der Waals surface area contributed by atoms with Crippen molar-refractivity contribution in [3.8, 4) is 11.5 Å². The molecule has 0 atom stereocenters. The van der Waals surface area contributed by atoms with Gasteiger partial charge in [0.25, 0.3) is 0 Å². The van der Waals surface area contributed by atoms with Crippen molar-refractivity contribution in [2.75, 3.05) is 13.1 Å². The molecule has 26 heavy (non-hydrogen) atoms. The number of para-hydroxylation sites is 2. The maximum Gasteiger partial charge on any atom is 0.127 e. The highest BCUT2D eigenvalue weighted by molar-refractivity contribution is 5.85. The van der Waals surface area contributed by atoms with Crippen molar-refractivity contribution in [2.45, 2.75) is 39.5 Å². The van der Waals surface area contributed by atoms with E-state index >= 15 is 0 Å². The topological polar surface area (TPSA) is 65.2 Å². The molecular formula is C22H28N2O2. The van der Waals surface area contributed by atoms with Gasteiger partial charge in [-0.1, -0.05) is 51.0 Å². The number of aryl methyl sites for hydroxylation is 2. The molecule has 0 radical (unpaired) electrons. The normalized spacial score (nSPS) is 11.6. The lowest BCUT2D eigenvalue weighted by Gasteiger charge is -2.05. The molecule has 2 aromatic carbocycles. The lowest BCUT2D eigenvalue weighted by atomic mass is 10.1. The van der Waals surface area contributed by atoms with Crippen LogP contribution in [-0.4, -0.2) is 35.7 Å². The summed E-state index contributed by atoms with van der Waals surface area (Å²) in [5.74, 6) is 0.638. The van der Waals surface area contributed by atoms with Crippen LogP contribution in [-0.2, 0) is 12.8 Å². The van der Waals surface area contributed by atoms with Gasteiger partial charge >= 0.3 is 0 Å². The number of aromatic hydroxyl groups is 2. The Bertz CT molecular complexity index is 701. The van der Waals surface area contributed by atoms with Gasteiger partial charge in [0.1, 0.15) is 11.5 Å². The second-order valence-corrected chi connectivity index (χ2v) is 6.28. The van der Waals surface area contributed by atoms with Gasteiger partial charge in [-0.05, 0) is 36.1 Å². The standard InChI is InChI=1S/C22H28N2O2/c1-3-7-17-9-5-11-19(21(17)25)15-23-13-14-24-16-20-12-6-10-18(8-4-2)22(20)26/h5-6,9-12,15-16,25-26H,3-4,7-8,13-14H2,1-2H3. The van der Waals surface area contributed by atoms with Crippen LogP contribution in [0.2, 0.25) is 0 Å². The number of nitrogens with zero attached hydrogens (tertiary/aromatic N) is 2. The maximum atomic E-state index is 10.2. The number of aliphatic imine (C=N–C) groups is 2. The van der Waals surface area contributed by atoms with Crippen LogP contribution in [0.1, 0.15) is 48.9 Å².